The highest BCUT2D eigenvalue weighted by Crippen LogP contribution is 2.26. The summed E-state index contributed by atoms with van der Waals surface area (Å²) in [5.41, 5.74) is 6.46. The molecule has 0 aliphatic heterocycles. The summed E-state index contributed by atoms with van der Waals surface area (Å²) in [6, 6.07) is 1.88. The number of aromatic nitrogens is 3. The van der Waals surface area contributed by atoms with Gasteiger partial charge in [-0.3, -0.25) is 4.98 Å². The molecule has 0 unspecified atom stereocenters. The molecule has 0 radical (unpaired) electrons. The minimum absolute atomic E-state index is 0.257. The van der Waals surface area contributed by atoms with Gasteiger partial charge in [0.05, 0.1) is 17.6 Å². The average Bonchev–Trinajstić information content (AvgIpc) is 2.77. The molecule has 90 valence electrons. The third-order valence-electron chi connectivity index (χ3n) is 2.14. The highest BCUT2D eigenvalue weighted by Gasteiger charge is 2.10. The van der Waals surface area contributed by atoms with E-state index >= 15 is 0 Å². The molecule has 0 spiro atoms. The van der Waals surface area contributed by atoms with E-state index in [1.54, 1.807) is 24.2 Å². The molecule has 0 aliphatic carbocycles. The molecular weight excluding hydrogens is 236 g/mol. The molecule has 2 rings (SSSR count). The van der Waals surface area contributed by atoms with Crippen molar-refractivity contribution in [2.24, 2.45) is 0 Å². The number of nitrogens with zero attached hydrogens (tertiary/aromatic N) is 3. The fourth-order valence-electron chi connectivity index (χ4n) is 1.23. The first-order chi connectivity index (χ1) is 8.16. The zero-order valence-corrected chi connectivity index (χ0v) is 10.6. The Morgan fingerprint density at radius 3 is 2.94 bits per heavy atom. The molecule has 17 heavy (non-hydrogen) atoms. The molecule has 5 nitrogen and oxygen atoms in total. The molecule has 2 heterocycles. The molecule has 2 aromatic rings. The van der Waals surface area contributed by atoms with E-state index in [4.69, 9.17) is 10.3 Å². The molecule has 0 bridgehead atoms. The number of rotatable bonds is 4. The van der Waals surface area contributed by atoms with Crippen molar-refractivity contribution >= 4 is 17.4 Å². The predicted molar refractivity (Wildman–Crippen MR) is 66.6 cm³/mol. The summed E-state index contributed by atoms with van der Waals surface area (Å²) >= 11 is 1.58. The third-order valence-corrected chi connectivity index (χ3v) is 3.23. The van der Waals surface area contributed by atoms with Gasteiger partial charge in [-0.1, -0.05) is 19.0 Å². The standard InChI is InChI=1S/C11H14N4OS/c1-7(2)11-14-10(15-16-11)6-17-9-3-4-13-5-8(9)12/h3-5,7H,6,12H2,1-2H3. The normalized spacial score (nSPS) is 11.0. The van der Waals surface area contributed by atoms with E-state index in [2.05, 4.69) is 15.1 Å². The van der Waals surface area contributed by atoms with Gasteiger partial charge in [0, 0.05) is 17.0 Å². The van der Waals surface area contributed by atoms with Gasteiger partial charge in [0.1, 0.15) is 0 Å². The first-order valence-electron chi connectivity index (χ1n) is 5.31. The van der Waals surface area contributed by atoms with Gasteiger partial charge in [0.25, 0.3) is 0 Å². The van der Waals surface area contributed by atoms with E-state index < -0.39 is 0 Å². The summed E-state index contributed by atoms with van der Waals surface area (Å²) in [4.78, 5) is 9.22. The van der Waals surface area contributed by atoms with E-state index in [1.165, 1.54) is 0 Å². The topological polar surface area (TPSA) is 77.8 Å². The van der Waals surface area contributed by atoms with Crippen molar-refractivity contribution in [1.29, 1.82) is 0 Å². The van der Waals surface area contributed by atoms with Crippen molar-refractivity contribution in [2.45, 2.75) is 30.4 Å². The molecule has 0 fully saturated rings. The van der Waals surface area contributed by atoms with Crippen LogP contribution in [0.15, 0.2) is 27.9 Å². The van der Waals surface area contributed by atoms with Crippen LogP contribution in [0.4, 0.5) is 5.69 Å². The third kappa shape index (κ3) is 2.97. The lowest BCUT2D eigenvalue weighted by Crippen LogP contribution is -1.91. The Labute approximate surface area is 104 Å². The smallest absolute Gasteiger partial charge is 0.229 e. The lowest BCUT2D eigenvalue weighted by molar-refractivity contribution is 0.362. The van der Waals surface area contributed by atoms with Gasteiger partial charge >= 0.3 is 0 Å². The summed E-state index contributed by atoms with van der Waals surface area (Å²) in [6.45, 7) is 4.04. The zero-order chi connectivity index (χ0) is 12.3. The van der Waals surface area contributed by atoms with Gasteiger partial charge in [-0.2, -0.15) is 4.98 Å². The molecule has 0 saturated heterocycles. The fraction of sp³-hybridized carbons (Fsp3) is 0.364. The van der Waals surface area contributed by atoms with Gasteiger partial charge in [-0.15, -0.1) is 11.8 Å². The Kier molecular flexibility index (Phi) is 3.63. The van der Waals surface area contributed by atoms with Crippen molar-refractivity contribution in [3.63, 3.8) is 0 Å². The number of hydrogen-bond donors (Lipinski definition) is 1. The molecule has 6 heteroatoms. The molecule has 2 aromatic heterocycles. The lowest BCUT2D eigenvalue weighted by atomic mass is 10.2. The predicted octanol–water partition coefficient (Wildman–Crippen LogP) is 2.46. The highest BCUT2D eigenvalue weighted by atomic mass is 32.2. The molecule has 0 atom stereocenters. The highest BCUT2D eigenvalue weighted by molar-refractivity contribution is 7.98. The fourth-order valence-corrected chi connectivity index (χ4v) is 2.01. The number of nitrogen functional groups attached to an aromatic ring is 1. The van der Waals surface area contributed by atoms with Crippen molar-refractivity contribution in [3.8, 4) is 0 Å². The van der Waals surface area contributed by atoms with E-state index in [1.807, 2.05) is 19.9 Å². The molecule has 0 aliphatic rings. The average molecular weight is 250 g/mol. The van der Waals surface area contributed by atoms with Crippen molar-refractivity contribution < 1.29 is 4.52 Å². The largest absolute Gasteiger partial charge is 0.397 e. The summed E-state index contributed by atoms with van der Waals surface area (Å²) in [7, 11) is 0. The van der Waals surface area contributed by atoms with Crippen LogP contribution in [0.2, 0.25) is 0 Å². The zero-order valence-electron chi connectivity index (χ0n) is 9.75. The maximum absolute atomic E-state index is 5.79. The quantitative estimate of drug-likeness (QED) is 0.840. The molecule has 0 saturated carbocycles. The number of thioether (sulfide) groups is 1. The SMILES string of the molecule is CC(C)c1nc(CSc2ccncc2N)no1. The van der Waals surface area contributed by atoms with Crippen LogP contribution in [0.3, 0.4) is 0 Å². The van der Waals surface area contributed by atoms with Crippen LogP contribution in [0.1, 0.15) is 31.5 Å². The minimum Gasteiger partial charge on any atom is -0.397 e. The Hall–Kier alpha value is -1.56. The van der Waals surface area contributed by atoms with Crippen LogP contribution >= 0.6 is 11.8 Å². The lowest BCUT2D eigenvalue weighted by Gasteiger charge is -2.01. The minimum atomic E-state index is 0.257. The molecule has 0 aromatic carbocycles. The van der Waals surface area contributed by atoms with Crippen LogP contribution < -0.4 is 5.73 Å². The van der Waals surface area contributed by atoms with Crippen molar-refractivity contribution in [2.75, 3.05) is 5.73 Å². The molecule has 0 amide bonds. The van der Waals surface area contributed by atoms with Gasteiger partial charge < -0.3 is 10.3 Å². The number of nitrogens with two attached hydrogens (primary N) is 1. The molecular formula is C11H14N4OS. The second kappa shape index (κ2) is 5.18. The Morgan fingerprint density at radius 2 is 2.29 bits per heavy atom. The van der Waals surface area contributed by atoms with Gasteiger partial charge in [0.15, 0.2) is 5.82 Å². The van der Waals surface area contributed by atoms with E-state index in [0.717, 1.165) is 4.90 Å². The van der Waals surface area contributed by atoms with Crippen molar-refractivity contribution in [3.05, 3.63) is 30.2 Å². The van der Waals surface area contributed by atoms with Crippen LogP contribution in [-0.4, -0.2) is 15.1 Å². The van der Waals surface area contributed by atoms with Crippen LogP contribution in [-0.2, 0) is 5.75 Å². The van der Waals surface area contributed by atoms with Gasteiger partial charge in [-0.25, -0.2) is 0 Å². The second-order valence-corrected chi connectivity index (χ2v) is 4.92. The van der Waals surface area contributed by atoms with E-state index in [-0.39, 0.29) is 5.92 Å². The van der Waals surface area contributed by atoms with E-state index in [0.29, 0.717) is 23.2 Å². The summed E-state index contributed by atoms with van der Waals surface area (Å²) < 4.78 is 5.13. The van der Waals surface area contributed by atoms with Crippen LogP contribution in [0.5, 0.6) is 0 Å². The summed E-state index contributed by atoms with van der Waals surface area (Å²) in [5, 5.41) is 3.92. The first-order valence-corrected chi connectivity index (χ1v) is 6.30. The maximum Gasteiger partial charge on any atom is 0.229 e. The maximum atomic E-state index is 5.79. The van der Waals surface area contributed by atoms with E-state index in [9.17, 15) is 0 Å². The van der Waals surface area contributed by atoms with Gasteiger partial charge in [0.2, 0.25) is 5.89 Å². The molecule has 2 N–H and O–H groups in total. The summed E-state index contributed by atoms with van der Waals surface area (Å²) in [5.74, 6) is 2.26. The van der Waals surface area contributed by atoms with Crippen molar-refractivity contribution in [1.82, 2.24) is 15.1 Å². The Bertz CT molecular complexity index is 498. The number of anilines is 1. The number of pyridine rings is 1. The Balaban J connectivity index is 2.00. The number of hydrogen-bond acceptors (Lipinski definition) is 6. The van der Waals surface area contributed by atoms with Crippen LogP contribution in [0.25, 0.3) is 0 Å². The van der Waals surface area contributed by atoms with Crippen LogP contribution in [0, 0.1) is 0 Å². The second-order valence-electron chi connectivity index (χ2n) is 3.91. The first kappa shape index (κ1) is 11.9. The van der Waals surface area contributed by atoms with Gasteiger partial charge in [-0.05, 0) is 6.07 Å². The Morgan fingerprint density at radius 1 is 1.47 bits per heavy atom. The summed E-state index contributed by atoms with van der Waals surface area (Å²) in [6.07, 6.45) is 3.35. The monoisotopic (exact) mass is 250 g/mol.